The number of anilines is 2. The van der Waals surface area contributed by atoms with Crippen molar-refractivity contribution in [1.82, 2.24) is 9.47 Å². The van der Waals surface area contributed by atoms with Gasteiger partial charge in [-0.2, -0.15) is 13.2 Å². The maximum absolute atomic E-state index is 13.2. The van der Waals surface area contributed by atoms with Gasteiger partial charge in [0.05, 0.1) is 5.56 Å². The van der Waals surface area contributed by atoms with Crippen molar-refractivity contribution >= 4 is 17.3 Å². The number of alkyl halides is 3. The highest BCUT2D eigenvalue weighted by Crippen LogP contribution is 2.33. The van der Waals surface area contributed by atoms with Crippen LogP contribution in [0.25, 0.3) is 11.3 Å². The molecule has 216 valence electrons. The first-order chi connectivity index (χ1) is 19.5. The van der Waals surface area contributed by atoms with Crippen LogP contribution in [0.15, 0.2) is 84.9 Å². The Morgan fingerprint density at radius 1 is 0.951 bits per heavy atom. The average molecular weight is 565 g/mol. The van der Waals surface area contributed by atoms with Crippen molar-refractivity contribution in [2.75, 3.05) is 37.9 Å². The average Bonchev–Trinajstić information content (AvgIpc) is 3.28. The third kappa shape index (κ3) is 7.10. The van der Waals surface area contributed by atoms with Crippen LogP contribution in [0.2, 0.25) is 0 Å². The third-order valence-electron chi connectivity index (χ3n) is 7.12. The van der Waals surface area contributed by atoms with Crippen molar-refractivity contribution in [3.8, 4) is 11.3 Å². The summed E-state index contributed by atoms with van der Waals surface area (Å²) in [5.74, 6) is -0.0655. The molecule has 41 heavy (non-hydrogen) atoms. The van der Waals surface area contributed by atoms with Gasteiger partial charge < -0.3 is 24.8 Å². The zero-order valence-corrected chi connectivity index (χ0v) is 23.6. The lowest BCUT2D eigenvalue weighted by Gasteiger charge is -2.20. The summed E-state index contributed by atoms with van der Waals surface area (Å²) in [4.78, 5) is 16.6. The van der Waals surface area contributed by atoms with Gasteiger partial charge in [-0.25, -0.2) is 0 Å². The standard InChI is InChI=1S/C32H35F3N4O2/c1-22-28(30(40)36-26-13-8-12-25(20-26)32(33,34)35)21-29(23-10-6-5-7-11-23)39(22)19-9-18-38(4)31(41)24-14-16-27(17-15-24)37(2)3/h5-8,10-17,20-21,30,36,40H,9,18-19H2,1-4H3. The number of benzene rings is 3. The molecular weight excluding hydrogens is 529 g/mol. The predicted octanol–water partition coefficient (Wildman–Crippen LogP) is 6.81. The summed E-state index contributed by atoms with van der Waals surface area (Å²) in [5, 5.41) is 13.8. The van der Waals surface area contributed by atoms with Crippen LogP contribution in [-0.4, -0.2) is 48.2 Å². The molecule has 0 aliphatic heterocycles. The molecule has 3 aromatic carbocycles. The molecule has 1 aromatic heterocycles. The molecule has 1 amide bonds. The van der Waals surface area contributed by atoms with Crippen LogP contribution < -0.4 is 10.2 Å². The molecule has 1 heterocycles. The molecule has 1 unspecified atom stereocenters. The van der Waals surface area contributed by atoms with Crippen molar-refractivity contribution < 1.29 is 23.1 Å². The minimum absolute atomic E-state index is 0.0655. The second-order valence-electron chi connectivity index (χ2n) is 10.2. The molecular formula is C32H35F3N4O2. The van der Waals surface area contributed by atoms with Gasteiger partial charge in [0, 0.05) is 68.1 Å². The van der Waals surface area contributed by atoms with Gasteiger partial charge in [-0.3, -0.25) is 4.79 Å². The van der Waals surface area contributed by atoms with Gasteiger partial charge in [0.25, 0.3) is 5.91 Å². The second-order valence-corrected chi connectivity index (χ2v) is 10.2. The Labute approximate surface area is 238 Å². The summed E-state index contributed by atoms with van der Waals surface area (Å²) >= 11 is 0. The van der Waals surface area contributed by atoms with E-state index in [1.54, 1.807) is 11.9 Å². The number of carbonyl (C=O) groups is 1. The number of halogens is 3. The predicted molar refractivity (Wildman–Crippen MR) is 157 cm³/mol. The lowest BCUT2D eigenvalue weighted by atomic mass is 10.1. The highest BCUT2D eigenvalue weighted by molar-refractivity contribution is 5.94. The van der Waals surface area contributed by atoms with Gasteiger partial charge in [-0.1, -0.05) is 36.4 Å². The molecule has 0 radical (unpaired) electrons. The molecule has 0 aliphatic rings. The van der Waals surface area contributed by atoms with E-state index in [4.69, 9.17) is 0 Å². The molecule has 0 fully saturated rings. The molecule has 9 heteroatoms. The Hall–Kier alpha value is -4.24. The smallest absolute Gasteiger partial charge is 0.378 e. The number of carbonyl (C=O) groups excluding carboxylic acids is 1. The number of hydrogen-bond acceptors (Lipinski definition) is 4. The summed E-state index contributed by atoms with van der Waals surface area (Å²) in [6, 6.07) is 23.8. The van der Waals surface area contributed by atoms with Crippen molar-refractivity contribution in [3.05, 3.63) is 107 Å². The number of aliphatic hydroxyl groups excluding tert-OH is 1. The number of hydrogen-bond donors (Lipinski definition) is 2. The SMILES string of the molecule is Cc1c(C(O)Nc2cccc(C(F)(F)F)c2)cc(-c2ccccc2)n1CCCN(C)C(=O)c1ccc(N(C)C)cc1. The van der Waals surface area contributed by atoms with E-state index in [2.05, 4.69) is 9.88 Å². The lowest BCUT2D eigenvalue weighted by Crippen LogP contribution is -2.28. The summed E-state index contributed by atoms with van der Waals surface area (Å²) < 4.78 is 41.6. The first-order valence-electron chi connectivity index (χ1n) is 13.4. The van der Waals surface area contributed by atoms with E-state index in [0.29, 0.717) is 30.6 Å². The Morgan fingerprint density at radius 2 is 1.63 bits per heavy atom. The van der Waals surface area contributed by atoms with Crippen LogP contribution in [-0.2, 0) is 12.7 Å². The fraction of sp³-hybridized carbons (Fsp3) is 0.281. The Morgan fingerprint density at radius 3 is 2.27 bits per heavy atom. The Balaban J connectivity index is 1.51. The molecule has 0 spiro atoms. The summed E-state index contributed by atoms with van der Waals surface area (Å²) in [7, 11) is 5.67. The van der Waals surface area contributed by atoms with E-state index in [-0.39, 0.29) is 11.6 Å². The highest BCUT2D eigenvalue weighted by atomic mass is 19.4. The second kappa shape index (κ2) is 12.5. The van der Waals surface area contributed by atoms with Gasteiger partial charge >= 0.3 is 6.18 Å². The fourth-order valence-electron chi connectivity index (χ4n) is 4.79. The molecule has 4 rings (SSSR count). The zero-order valence-electron chi connectivity index (χ0n) is 23.6. The van der Waals surface area contributed by atoms with Gasteiger partial charge in [0.15, 0.2) is 6.23 Å². The van der Waals surface area contributed by atoms with Gasteiger partial charge in [-0.15, -0.1) is 0 Å². The van der Waals surface area contributed by atoms with E-state index in [0.717, 1.165) is 34.8 Å². The van der Waals surface area contributed by atoms with Gasteiger partial charge in [-0.05, 0) is 67.4 Å². The molecule has 6 nitrogen and oxygen atoms in total. The molecule has 0 bridgehead atoms. The highest BCUT2D eigenvalue weighted by Gasteiger charge is 2.30. The maximum atomic E-state index is 13.2. The summed E-state index contributed by atoms with van der Waals surface area (Å²) in [6.45, 7) is 2.96. The third-order valence-corrected chi connectivity index (χ3v) is 7.12. The largest absolute Gasteiger partial charge is 0.416 e. The van der Waals surface area contributed by atoms with Crippen LogP contribution in [0.1, 0.15) is 39.8 Å². The van der Waals surface area contributed by atoms with Crippen molar-refractivity contribution in [1.29, 1.82) is 0 Å². The minimum atomic E-state index is -4.48. The molecule has 4 aromatic rings. The fourth-order valence-corrected chi connectivity index (χ4v) is 4.79. The topological polar surface area (TPSA) is 60.7 Å². The van der Waals surface area contributed by atoms with Crippen LogP contribution >= 0.6 is 0 Å². The first kappa shape index (κ1) is 29.7. The Bertz CT molecular complexity index is 1460. The van der Waals surface area contributed by atoms with E-state index < -0.39 is 18.0 Å². The number of rotatable bonds is 10. The number of aromatic nitrogens is 1. The van der Waals surface area contributed by atoms with Crippen LogP contribution in [0.5, 0.6) is 0 Å². The molecule has 0 saturated carbocycles. The monoisotopic (exact) mass is 564 g/mol. The maximum Gasteiger partial charge on any atom is 0.416 e. The summed E-state index contributed by atoms with van der Waals surface area (Å²) in [6.07, 6.45) is -5.05. The molecule has 0 aliphatic carbocycles. The van der Waals surface area contributed by atoms with E-state index in [9.17, 15) is 23.1 Å². The van der Waals surface area contributed by atoms with Crippen LogP contribution in [0.4, 0.5) is 24.5 Å². The number of amides is 1. The van der Waals surface area contributed by atoms with Crippen molar-refractivity contribution in [2.45, 2.75) is 32.3 Å². The Kier molecular flexibility index (Phi) is 9.08. The lowest BCUT2D eigenvalue weighted by molar-refractivity contribution is -0.137. The van der Waals surface area contributed by atoms with Crippen LogP contribution in [0.3, 0.4) is 0 Å². The van der Waals surface area contributed by atoms with Crippen molar-refractivity contribution in [3.63, 3.8) is 0 Å². The normalized spacial score (nSPS) is 12.2. The quantitative estimate of drug-likeness (QED) is 0.208. The van der Waals surface area contributed by atoms with E-state index in [1.807, 2.05) is 86.6 Å². The molecule has 0 saturated heterocycles. The molecule has 2 N–H and O–H groups in total. The number of nitrogens with zero attached hydrogens (tertiary/aromatic N) is 3. The van der Waals surface area contributed by atoms with Gasteiger partial charge in [0.2, 0.25) is 0 Å². The summed E-state index contributed by atoms with van der Waals surface area (Å²) in [5.41, 5.74) is 4.17. The number of aliphatic hydroxyl groups is 1. The van der Waals surface area contributed by atoms with Crippen molar-refractivity contribution in [2.24, 2.45) is 0 Å². The van der Waals surface area contributed by atoms with E-state index in [1.165, 1.54) is 12.1 Å². The van der Waals surface area contributed by atoms with E-state index >= 15 is 0 Å². The van der Waals surface area contributed by atoms with Crippen LogP contribution in [0, 0.1) is 6.92 Å². The number of nitrogens with one attached hydrogen (secondary N) is 1. The van der Waals surface area contributed by atoms with Gasteiger partial charge in [0.1, 0.15) is 0 Å². The zero-order chi connectivity index (χ0) is 29.7. The minimum Gasteiger partial charge on any atom is -0.378 e. The molecule has 1 atom stereocenters. The first-order valence-corrected chi connectivity index (χ1v) is 13.4.